The van der Waals surface area contributed by atoms with E-state index >= 15 is 0 Å². The third-order valence-electron chi connectivity index (χ3n) is 17.7. The molecule has 0 radical (unpaired) electrons. The zero-order valence-corrected chi connectivity index (χ0v) is 33.8. The van der Waals surface area contributed by atoms with Gasteiger partial charge in [-0.3, -0.25) is 4.90 Å². The van der Waals surface area contributed by atoms with Crippen LogP contribution in [0.5, 0.6) is 0 Å². The summed E-state index contributed by atoms with van der Waals surface area (Å²) in [7, 11) is 0. The molecule has 1 unspecified atom stereocenters. The van der Waals surface area contributed by atoms with Crippen LogP contribution in [0.25, 0.3) is 0 Å². The van der Waals surface area contributed by atoms with Crippen molar-refractivity contribution < 1.29 is 29.2 Å². The molecule has 292 valence electrons. The molecule has 8 heteroatoms. The summed E-state index contributed by atoms with van der Waals surface area (Å²) >= 11 is 0. The number of aliphatic hydroxyl groups excluding tert-OH is 1. The molecule has 8 nitrogen and oxygen atoms in total. The summed E-state index contributed by atoms with van der Waals surface area (Å²) in [5.74, 6) is 2.66. The van der Waals surface area contributed by atoms with Crippen LogP contribution in [0, 0.1) is 56.7 Å². The van der Waals surface area contributed by atoms with E-state index in [1.165, 1.54) is 71.1 Å². The highest BCUT2D eigenvalue weighted by Crippen LogP contribution is 2.89. The summed E-state index contributed by atoms with van der Waals surface area (Å²) in [5.41, 5.74) is -0.410. The highest BCUT2D eigenvalue weighted by Gasteiger charge is 2.84. The monoisotopic (exact) mass is 715 g/mol. The van der Waals surface area contributed by atoms with Gasteiger partial charge in [0.25, 0.3) is 0 Å². The smallest absolute Gasteiger partial charge is 0.170 e. The lowest BCUT2D eigenvalue weighted by atomic mass is 9.41. The first kappa shape index (κ1) is 37.6. The normalized spacial score (nSPS) is 50.3. The molecule has 8 fully saturated rings. The molecule has 5 aliphatic carbocycles. The molecule has 0 aromatic carbocycles. The first-order chi connectivity index (χ1) is 24.1. The van der Waals surface area contributed by atoms with Crippen molar-refractivity contribution >= 4 is 0 Å². The van der Waals surface area contributed by atoms with E-state index in [1.54, 1.807) is 0 Å². The molecule has 0 aromatic rings. The van der Waals surface area contributed by atoms with Crippen LogP contribution >= 0.6 is 0 Å². The SMILES string of the molecule is CCCN1CC(CN2CCO[C@@H](O[C@H]3CC[C@]45CC46CC[C@]4(C)[C@@H]7[C@H](O[C@@H]([C@H](OCC)C(C)(C)O)C[C@H]7C)[C@H](O)[C@@]4(C)[C@@H]6CC[C@H]5C3(C)C)C2)C1. The molecule has 14 atom stereocenters. The molecular weight excluding hydrogens is 640 g/mol. The average Bonchev–Trinajstić information content (AvgIpc) is 3.68. The molecule has 51 heavy (non-hydrogen) atoms. The largest absolute Gasteiger partial charge is 0.390 e. The van der Waals surface area contributed by atoms with Crippen LogP contribution in [-0.4, -0.2) is 115 Å². The minimum absolute atomic E-state index is 0.0254. The topological polar surface area (TPSA) is 83.9 Å². The van der Waals surface area contributed by atoms with E-state index in [-0.39, 0.29) is 40.8 Å². The Morgan fingerprint density at radius 2 is 1.67 bits per heavy atom. The van der Waals surface area contributed by atoms with Gasteiger partial charge in [-0.2, -0.15) is 0 Å². The van der Waals surface area contributed by atoms with Crippen LogP contribution in [0.1, 0.15) is 120 Å². The third-order valence-corrected chi connectivity index (χ3v) is 17.7. The predicted molar refractivity (Wildman–Crippen MR) is 199 cm³/mol. The molecule has 2 N–H and O–H groups in total. The second-order valence-electron chi connectivity index (χ2n) is 20.9. The Morgan fingerprint density at radius 1 is 0.941 bits per heavy atom. The maximum absolute atomic E-state index is 12.7. The fourth-order valence-corrected chi connectivity index (χ4v) is 15.5. The van der Waals surface area contributed by atoms with Gasteiger partial charge in [0.2, 0.25) is 0 Å². The highest BCUT2D eigenvalue weighted by atomic mass is 16.7. The number of likely N-dealkylation sites (tertiary alicyclic amines) is 1. The molecule has 3 heterocycles. The number of nitrogens with zero attached hydrogens (tertiary/aromatic N) is 2. The van der Waals surface area contributed by atoms with Crippen molar-refractivity contribution in [3.8, 4) is 0 Å². The second-order valence-corrected chi connectivity index (χ2v) is 20.9. The first-order valence-corrected chi connectivity index (χ1v) is 21.4. The van der Waals surface area contributed by atoms with Crippen molar-refractivity contribution in [2.24, 2.45) is 56.7 Å². The van der Waals surface area contributed by atoms with Crippen molar-refractivity contribution in [1.29, 1.82) is 0 Å². The Balaban J connectivity index is 0.969. The Hall–Kier alpha value is -0.320. The van der Waals surface area contributed by atoms with Crippen molar-refractivity contribution in [3.05, 3.63) is 0 Å². The van der Waals surface area contributed by atoms with E-state index in [1.807, 2.05) is 20.8 Å². The summed E-state index contributed by atoms with van der Waals surface area (Å²) in [5, 5.41) is 23.8. The fraction of sp³-hybridized carbons (Fsp3) is 1.00. The fourth-order valence-electron chi connectivity index (χ4n) is 15.5. The minimum atomic E-state index is -1.01. The molecule has 0 bridgehead atoms. The molecule has 8 rings (SSSR count). The summed E-state index contributed by atoms with van der Waals surface area (Å²) in [6, 6.07) is 0. The maximum atomic E-state index is 12.7. The molecule has 5 saturated carbocycles. The Bertz CT molecular complexity index is 1280. The van der Waals surface area contributed by atoms with E-state index in [9.17, 15) is 10.2 Å². The molecule has 0 amide bonds. The Kier molecular flexibility index (Phi) is 9.48. The highest BCUT2D eigenvalue weighted by molar-refractivity contribution is 5.33. The summed E-state index contributed by atoms with van der Waals surface area (Å²) in [6.07, 6.45) is 9.45. The standard InChI is InChI=1S/C43H74N2O6/c1-10-18-44-22-28(23-44)24-45-19-20-49-33(25-45)51-32-14-15-42-26-43(42)17-16-40(8)34-27(3)21-29(37(48-11-2)39(6,7)47)50-35(34)36(46)41(40,9)31(43)13-12-30(42)38(32,4)5/h27-37,46-47H,10-26H2,1-9H3/t27-,29-,30+,31+,32+,33+,34+,35+,36+,37+,40-,41-,42-,43?/m1/s1. The van der Waals surface area contributed by atoms with Crippen LogP contribution < -0.4 is 0 Å². The molecule has 8 aliphatic rings. The molecule has 3 saturated heterocycles. The van der Waals surface area contributed by atoms with Crippen LogP contribution in [-0.2, 0) is 18.9 Å². The number of hydrogen-bond acceptors (Lipinski definition) is 8. The zero-order chi connectivity index (χ0) is 36.4. The van der Waals surface area contributed by atoms with Gasteiger partial charge in [-0.25, -0.2) is 0 Å². The maximum Gasteiger partial charge on any atom is 0.170 e. The van der Waals surface area contributed by atoms with E-state index in [4.69, 9.17) is 18.9 Å². The van der Waals surface area contributed by atoms with Crippen LogP contribution in [0.4, 0.5) is 0 Å². The van der Waals surface area contributed by atoms with Gasteiger partial charge in [0, 0.05) is 44.7 Å². The third kappa shape index (κ3) is 5.47. The summed E-state index contributed by atoms with van der Waals surface area (Å²) < 4.78 is 26.5. The zero-order valence-electron chi connectivity index (χ0n) is 33.8. The number of morpholine rings is 1. The molecular formula is C43H74N2O6. The quantitative estimate of drug-likeness (QED) is 0.271. The lowest BCUT2D eigenvalue weighted by molar-refractivity contribution is -0.249. The van der Waals surface area contributed by atoms with Gasteiger partial charge >= 0.3 is 0 Å². The average molecular weight is 715 g/mol. The number of rotatable bonds is 10. The molecule has 3 aliphatic heterocycles. The van der Waals surface area contributed by atoms with E-state index < -0.39 is 17.8 Å². The number of ether oxygens (including phenoxy) is 4. The summed E-state index contributed by atoms with van der Waals surface area (Å²) in [6.45, 7) is 28.5. The van der Waals surface area contributed by atoms with Crippen LogP contribution in [0.15, 0.2) is 0 Å². The second kappa shape index (κ2) is 12.9. The first-order valence-electron chi connectivity index (χ1n) is 21.4. The van der Waals surface area contributed by atoms with Gasteiger partial charge in [-0.05, 0) is 136 Å². The van der Waals surface area contributed by atoms with Crippen LogP contribution in [0.3, 0.4) is 0 Å². The summed E-state index contributed by atoms with van der Waals surface area (Å²) in [4.78, 5) is 5.20. The number of aliphatic hydroxyl groups is 2. The van der Waals surface area contributed by atoms with Gasteiger partial charge in [0.05, 0.1) is 36.6 Å². The van der Waals surface area contributed by atoms with Crippen LogP contribution in [0.2, 0.25) is 0 Å². The number of fused-ring (bicyclic) bond motifs is 4. The van der Waals surface area contributed by atoms with Gasteiger partial charge < -0.3 is 34.1 Å². The predicted octanol–water partition coefficient (Wildman–Crippen LogP) is 6.36. The lowest BCUT2D eigenvalue weighted by Gasteiger charge is -2.64. The van der Waals surface area contributed by atoms with E-state index in [2.05, 4.69) is 51.3 Å². The van der Waals surface area contributed by atoms with E-state index in [0.717, 1.165) is 38.5 Å². The van der Waals surface area contributed by atoms with Gasteiger partial charge in [0.15, 0.2) is 6.29 Å². The Morgan fingerprint density at radius 3 is 2.37 bits per heavy atom. The van der Waals surface area contributed by atoms with Gasteiger partial charge in [-0.1, -0.05) is 41.5 Å². The van der Waals surface area contributed by atoms with Gasteiger partial charge in [0.1, 0.15) is 6.10 Å². The lowest BCUT2D eigenvalue weighted by Crippen LogP contribution is -2.60. The minimum Gasteiger partial charge on any atom is -0.390 e. The number of hydrogen-bond donors (Lipinski definition) is 2. The molecule has 0 aromatic heterocycles. The Labute approximate surface area is 310 Å². The van der Waals surface area contributed by atoms with E-state index in [0.29, 0.717) is 41.1 Å². The van der Waals surface area contributed by atoms with Gasteiger partial charge in [-0.15, -0.1) is 0 Å². The van der Waals surface area contributed by atoms with Crippen molar-refractivity contribution in [2.45, 2.75) is 163 Å². The van der Waals surface area contributed by atoms with Crippen molar-refractivity contribution in [2.75, 3.05) is 52.5 Å². The van der Waals surface area contributed by atoms with Crippen molar-refractivity contribution in [3.63, 3.8) is 0 Å². The van der Waals surface area contributed by atoms with Crippen molar-refractivity contribution in [1.82, 2.24) is 9.80 Å². The molecule has 2 spiro atoms.